The standard InChI is InChI=1S/C36H28O2/c1-23-9-17-30-26(21-23)12-19-32-34(30)36(2,28-14-10-25(11-15-28)24-7-5-4-6-8-24)35-31-18-16-29(37-3)22-27(31)13-20-33(35)38-32/h4-22H,1-3H3. The minimum absolute atomic E-state index is 0.443. The van der Waals surface area contributed by atoms with Crippen LogP contribution < -0.4 is 9.47 Å². The summed E-state index contributed by atoms with van der Waals surface area (Å²) in [5.74, 6) is 2.66. The van der Waals surface area contributed by atoms with Crippen LogP contribution in [0.2, 0.25) is 0 Å². The molecule has 38 heavy (non-hydrogen) atoms. The average Bonchev–Trinajstić information content (AvgIpc) is 2.97. The van der Waals surface area contributed by atoms with Crippen LogP contribution in [-0.2, 0) is 5.41 Å². The Morgan fingerprint density at radius 1 is 0.605 bits per heavy atom. The van der Waals surface area contributed by atoms with Crippen LogP contribution in [0.3, 0.4) is 0 Å². The Morgan fingerprint density at radius 2 is 1.21 bits per heavy atom. The van der Waals surface area contributed by atoms with E-state index in [4.69, 9.17) is 9.47 Å². The van der Waals surface area contributed by atoms with Crippen LogP contribution in [0.25, 0.3) is 32.7 Å². The second-order valence-corrected chi connectivity index (χ2v) is 10.4. The second-order valence-electron chi connectivity index (χ2n) is 10.4. The molecule has 1 atom stereocenters. The normalized spacial score (nSPS) is 16.1. The summed E-state index contributed by atoms with van der Waals surface area (Å²) in [5, 5.41) is 4.76. The third-order valence-electron chi connectivity index (χ3n) is 8.12. The van der Waals surface area contributed by atoms with Crippen molar-refractivity contribution in [1.82, 2.24) is 0 Å². The molecule has 0 aromatic heterocycles. The summed E-state index contributed by atoms with van der Waals surface area (Å²) >= 11 is 0. The van der Waals surface area contributed by atoms with Gasteiger partial charge in [-0.2, -0.15) is 0 Å². The molecule has 2 heteroatoms. The lowest BCUT2D eigenvalue weighted by molar-refractivity contribution is 0.415. The second kappa shape index (κ2) is 8.49. The van der Waals surface area contributed by atoms with Gasteiger partial charge in [-0.05, 0) is 76.3 Å². The Labute approximate surface area is 223 Å². The smallest absolute Gasteiger partial charge is 0.132 e. The fourth-order valence-corrected chi connectivity index (χ4v) is 6.20. The molecule has 0 fully saturated rings. The Balaban J connectivity index is 1.55. The largest absolute Gasteiger partial charge is 0.497 e. The number of rotatable bonds is 3. The highest BCUT2D eigenvalue weighted by Gasteiger charge is 2.42. The Kier molecular flexibility index (Phi) is 5.06. The van der Waals surface area contributed by atoms with Crippen LogP contribution in [0, 0.1) is 6.92 Å². The summed E-state index contributed by atoms with van der Waals surface area (Å²) in [4.78, 5) is 0. The van der Waals surface area contributed by atoms with E-state index in [0.29, 0.717) is 0 Å². The zero-order valence-corrected chi connectivity index (χ0v) is 21.8. The van der Waals surface area contributed by atoms with E-state index in [1.54, 1.807) is 7.11 Å². The molecular formula is C36H28O2. The third kappa shape index (κ3) is 3.34. The van der Waals surface area contributed by atoms with E-state index in [9.17, 15) is 0 Å². The van der Waals surface area contributed by atoms with Crippen molar-refractivity contribution in [3.05, 3.63) is 138 Å². The summed E-state index contributed by atoms with van der Waals surface area (Å²) < 4.78 is 12.2. The van der Waals surface area contributed by atoms with Crippen LogP contribution in [0.1, 0.15) is 29.2 Å². The molecule has 6 aromatic carbocycles. The predicted octanol–water partition coefficient (Wildman–Crippen LogP) is 9.44. The summed E-state index contributed by atoms with van der Waals surface area (Å²) in [7, 11) is 1.71. The van der Waals surface area contributed by atoms with Gasteiger partial charge in [0, 0.05) is 11.1 Å². The SMILES string of the molecule is COc1ccc2c3c(ccc2c1)Oc1ccc2cc(C)ccc2c1C3(C)c1ccc(-c2ccccc2)cc1. The first-order valence-electron chi connectivity index (χ1n) is 13.1. The average molecular weight is 493 g/mol. The van der Waals surface area contributed by atoms with Crippen molar-refractivity contribution in [2.24, 2.45) is 0 Å². The number of hydrogen-bond acceptors (Lipinski definition) is 2. The molecule has 0 aliphatic carbocycles. The van der Waals surface area contributed by atoms with Crippen molar-refractivity contribution in [3.63, 3.8) is 0 Å². The van der Waals surface area contributed by atoms with Crippen LogP contribution in [0.5, 0.6) is 17.2 Å². The van der Waals surface area contributed by atoms with Crippen LogP contribution in [-0.4, -0.2) is 7.11 Å². The van der Waals surface area contributed by atoms with Gasteiger partial charge in [-0.1, -0.05) is 96.6 Å². The maximum atomic E-state index is 6.66. The molecule has 2 nitrogen and oxygen atoms in total. The monoisotopic (exact) mass is 492 g/mol. The van der Waals surface area contributed by atoms with Gasteiger partial charge in [0.25, 0.3) is 0 Å². The maximum Gasteiger partial charge on any atom is 0.132 e. The number of fused-ring (bicyclic) bond motifs is 6. The molecule has 6 aromatic rings. The topological polar surface area (TPSA) is 18.5 Å². The van der Waals surface area contributed by atoms with Gasteiger partial charge in [0.15, 0.2) is 0 Å². The van der Waals surface area contributed by atoms with Crippen molar-refractivity contribution < 1.29 is 9.47 Å². The van der Waals surface area contributed by atoms with E-state index in [0.717, 1.165) is 22.6 Å². The molecule has 1 aliphatic rings. The van der Waals surface area contributed by atoms with E-state index in [-0.39, 0.29) is 0 Å². The van der Waals surface area contributed by atoms with Gasteiger partial charge >= 0.3 is 0 Å². The first-order chi connectivity index (χ1) is 18.6. The summed E-state index contributed by atoms with van der Waals surface area (Å²) in [6, 6.07) is 41.2. The molecule has 0 bridgehead atoms. The Bertz CT molecular complexity index is 1830. The van der Waals surface area contributed by atoms with Crippen molar-refractivity contribution in [1.29, 1.82) is 0 Å². The lowest BCUT2D eigenvalue weighted by Gasteiger charge is -2.40. The molecule has 0 radical (unpaired) electrons. The minimum Gasteiger partial charge on any atom is -0.497 e. The highest BCUT2D eigenvalue weighted by molar-refractivity contribution is 5.97. The number of ether oxygens (including phenoxy) is 2. The van der Waals surface area contributed by atoms with E-state index in [2.05, 4.69) is 123 Å². The van der Waals surface area contributed by atoms with Gasteiger partial charge in [0.1, 0.15) is 17.2 Å². The van der Waals surface area contributed by atoms with Gasteiger partial charge in [-0.3, -0.25) is 0 Å². The molecular weight excluding hydrogens is 464 g/mol. The zero-order valence-electron chi connectivity index (χ0n) is 21.8. The number of benzene rings is 6. The molecule has 0 spiro atoms. The maximum absolute atomic E-state index is 6.66. The predicted molar refractivity (Wildman–Crippen MR) is 157 cm³/mol. The summed E-state index contributed by atoms with van der Waals surface area (Å²) in [5.41, 5.74) is 6.86. The molecule has 1 heterocycles. The lowest BCUT2D eigenvalue weighted by atomic mass is 9.66. The molecule has 0 saturated carbocycles. The Hall–Kier alpha value is -4.56. The van der Waals surface area contributed by atoms with Crippen LogP contribution >= 0.6 is 0 Å². The zero-order chi connectivity index (χ0) is 25.9. The Morgan fingerprint density at radius 3 is 1.87 bits per heavy atom. The van der Waals surface area contributed by atoms with Crippen LogP contribution in [0.4, 0.5) is 0 Å². The molecule has 1 aliphatic heterocycles. The van der Waals surface area contributed by atoms with E-state index >= 15 is 0 Å². The fraction of sp³-hybridized carbons (Fsp3) is 0.111. The highest BCUT2D eigenvalue weighted by atomic mass is 16.5. The van der Waals surface area contributed by atoms with Crippen molar-refractivity contribution in [2.75, 3.05) is 7.11 Å². The van der Waals surface area contributed by atoms with E-state index in [1.807, 2.05) is 6.07 Å². The van der Waals surface area contributed by atoms with Gasteiger partial charge in [0.2, 0.25) is 0 Å². The minimum atomic E-state index is -0.443. The van der Waals surface area contributed by atoms with Gasteiger partial charge in [-0.25, -0.2) is 0 Å². The van der Waals surface area contributed by atoms with Gasteiger partial charge < -0.3 is 9.47 Å². The first-order valence-corrected chi connectivity index (χ1v) is 13.1. The lowest BCUT2D eigenvalue weighted by Crippen LogP contribution is -2.30. The fourth-order valence-electron chi connectivity index (χ4n) is 6.20. The molecule has 0 amide bonds. The number of hydrogen-bond donors (Lipinski definition) is 0. The van der Waals surface area contributed by atoms with Crippen molar-refractivity contribution >= 4 is 21.5 Å². The summed E-state index contributed by atoms with van der Waals surface area (Å²) in [6.07, 6.45) is 0. The number of methoxy groups -OCH3 is 1. The molecule has 7 rings (SSSR count). The molecule has 0 N–H and O–H groups in total. The molecule has 1 unspecified atom stereocenters. The number of aryl methyl sites for hydroxylation is 1. The van der Waals surface area contributed by atoms with Crippen LogP contribution in [0.15, 0.2) is 115 Å². The van der Waals surface area contributed by atoms with E-state index < -0.39 is 5.41 Å². The van der Waals surface area contributed by atoms with Crippen molar-refractivity contribution in [3.8, 4) is 28.4 Å². The van der Waals surface area contributed by atoms with E-state index in [1.165, 1.54) is 49.5 Å². The van der Waals surface area contributed by atoms with Crippen molar-refractivity contribution in [2.45, 2.75) is 19.3 Å². The quantitative estimate of drug-likeness (QED) is 0.245. The third-order valence-corrected chi connectivity index (χ3v) is 8.12. The van der Waals surface area contributed by atoms with Gasteiger partial charge in [0.05, 0.1) is 12.5 Å². The highest BCUT2D eigenvalue weighted by Crippen LogP contribution is 2.56. The first kappa shape index (κ1) is 22.6. The summed E-state index contributed by atoms with van der Waals surface area (Å²) in [6.45, 7) is 4.50. The molecule has 0 saturated heterocycles. The van der Waals surface area contributed by atoms with Gasteiger partial charge in [-0.15, -0.1) is 0 Å². The molecule has 184 valence electrons.